The minimum Gasteiger partial charge on any atom is -0.326 e. The summed E-state index contributed by atoms with van der Waals surface area (Å²) in [6.45, 7) is 6.30. The minimum atomic E-state index is 0.0568. The van der Waals surface area contributed by atoms with Crippen molar-refractivity contribution in [3.8, 4) is 6.07 Å². The van der Waals surface area contributed by atoms with Crippen molar-refractivity contribution in [2.75, 3.05) is 5.32 Å². The second-order valence-corrected chi connectivity index (χ2v) is 6.42. The van der Waals surface area contributed by atoms with Crippen molar-refractivity contribution >= 4 is 11.6 Å². The van der Waals surface area contributed by atoms with Crippen molar-refractivity contribution in [1.29, 1.82) is 5.26 Å². The molecular weight excluding hydrogens is 248 g/mol. The molecule has 3 heteroatoms. The minimum absolute atomic E-state index is 0.0568. The van der Waals surface area contributed by atoms with Crippen LogP contribution < -0.4 is 5.32 Å². The lowest BCUT2D eigenvalue weighted by Gasteiger charge is -2.37. The third-order valence-electron chi connectivity index (χ3n) is 4.45. The zero-order chi connectivity index (χ0) is 14.8. The molecule has 106 valence electrons. The van der Waals surface area contributed by atoms with Gasteiger partial charge in [0.2, 0.25) is 5.91 Å². The molecule has 0 heterocycles. The number of hydrogen-bond donors (Lipinski definition) is 1. The highest BCUT2D eigenvalue weighted by Crippen LogP contribution is 2.41. The van der Waals surface area contributed by atoms with Crippen LogP contribution in [0.25, 0.3) is 0 Å². The smallest absolute Gasteiger partial charge is 0.228 e. The Bertz CT molecular complexity index is 555. The van der Waals surface area contributed by atoms with Gasteiger partial charge in [0, 0.05) is 11.6 Å². The van der Waals surface area contributed by atoms with Gasteiger partial charge in [-0.3, -0.25) is 4.79 Å². The largest absolute Gasteiger partial charge is 0.326 e. The Hall–Kier alpha value is -1.82. The van der Waals surface area contributed by atoms with Crippen molar-refractivity contribution < 1.29 is 4.79 Å². The molecule has 1 atom stereocenters. The van der Waals surface area contributed by atoms with Gasteiger partial charge in [-0.25, -0.2) is 0 Å². The Morgan fingerprint density at radius 1 is 1.40 bits per heavy atom. The Balaban J connectivity index is 2.17. The number of hydrogen-bond acceptors (Lipinski definition) is 2. The molecule has 1 unspecified atom stereocenters. The molecule has 20 heavy (non-hydrogen) atoms. The summed E-state index contributed by atoms with van der Waals surface area (Å²) in [6.07, 6.45) is 4.39. The first-order valence-corrected chi connectivity index (χ1v) is 7.25. The maximum absolute atomic E-state index is 12.5. The number of nitrogens with zero attached hydrogens (tertiary/aromatic N) is 1. The van der Waals surface area contributed by atoms with Gasteiger partial charge in [-0.1, -0.05) is 32.8 Å². The third kappa shape index (κ3) is 3.01. The van der Waals surface area contributed by atoms with Crippen molar-refractivity contribution in [1.82, 2.24) is 0 Å². The molecule has 1 aromatic carbocycles. The summed E-state index contributed by atoms with van der Waals surface area (Å²) in [6, 6.07) is 7.51. The highest BCUT2D eigenvalue weighted by molar-refractivity contribution is 5.94. The van der Waals surface area contributed by atoms with Crippen LogP contribution in [0.4, 0.5) is 5.69 Å². The molecule has 0 aliphatic heterocycles. The van der Waals surface area contributed by atoms with Gasteiger partial charge in [0.25, 0.3) is 0 Å². The molecule has 1 N–H and O–H groups in total. The molecule has 2 rings (SSSR count). The number of nitrogens with one attached hydrogen (secondary N) is 1. The summed E-state index contributed by atoms with van der Waals surface area (Å²) in [5, 5.41) is 12.0. The lowest BCUT2D eigenvalue weighted by molar-refractivity contribution is -0.124. The first-order chi connectivity index (χ1) is 9.44. The number of carbonyl (C=O) groups is 1. The van der Waals surface area contributed by atoms with Gasteiger partial charge in [-0.15, -0.1) is 0 Å². The fourth-order valence-electron chi connectivity index (χ4n) is 3.03. The van der Waals surface area contributed by atoms with Gasteiger partial charge in [0.15, 0.2) is 0 Å². The quantitative estimate of drug-likeness (QED) is 0.882. The number of nitriles is 1. The zero-order valence-corrected chi connectivity index (χ0v) is 12.5. The summed E-state index contributed by atoms with van der Waals surface area (Å²) >= 11 is 0. The lowest BCUT2D eigenvalue weighted by atomic mass is 9.68. The van der Waals surface area contributed by atoms with Crippen LogP contribution in [0.5, 0.6) is 0 Å². The number of amides is 1. The molecule has 0 aromatic heterocycles. The molecule has 1 aliphatic carbocycles. The Labute approximate surface area is 121 Å². The van der Waals surface area contributed by atoms with Gasteiger partial charge in [0.05, 0.1) is 11.6 Å². The summed E-state index contributed by atoms with van der Waals surface area (Å²) in [5.74, 6) is 0.147. The van der Waals surface area contributed by atoms with Gasteiger partial charge in [-0.05, 0) is 42.9 Å². The molecule has 0 radical (unpaired) electrons. The summed E-state index contributed by atoms with van der Waals surface area (Å²) in [7, 11) is 0. The van der Waals surface area contributed by atoms with Gasteiger partial charge in [0.1, 0.15) is 0 Å². The van der Waals surface area contributed by atoms with Crippen molar-refractivity contribution in [2.24, 2.45) is 11.3 Å². The molecule has 1 amide bonds. The second-order valence-electron chi connectivity index (χ2n) is 6.42. The van der Waals surface area contributed by atoms with Crippen molar-refractivity contribution in [2.45, 2.75) is 46.5 Å². The number of aryl methyl sites for hydroxylation is 1. The monoisotopic (exact) mass is 270 g/mol. The average Bonchev–Trinajstić information content (AvgIpc) is 2.40. The first kappa shape index (κ1) is 14.6. The topological polar surface area (TPSA) is 52.9 Å². The highest BCUT2D eigenvalue weighted by Gasteiger charge is 2.37. The zero-order valence-electron chi connectivity index (χ0n) is 12.5. The SMILES string of the molecule is Cc1ccc(C#N)cc1NC(=O)C1CCCCC1(C)C. The highest BCUT2D eigenvalue weighted by atomic mass is 16.1. The standard InChI is InChI=1S/C17H22N2O/c1-12-7-8-13(11-18)10-15(12)19-16(20)14-6-4-5-9-17(14,2)3/h7-8,10,14H,4-6,9H2,1-3H3,(H,19,20). The molecule has 1 aliphatic rings. The fourth-order valence-corrected chi connectivity index (χ4v) is 3.03. The Kier molecular flexibility index (Phi) is 4.13. The Morgan fingerprint density at radius 3 is 2.80 bits per heavy atom. The van der Waals surface area contributed by atoms with Crippen LogP contribution in [0, 0.1) is 29.6 Å². The van der Waals surface area contributed by atoms with E-state index in [1.54, 1.807) is 12.1 Å². The van der Waals surface area contributed by atoms with E-state index in [4.69, 9.17) is 5.26 Å². The van der Waals surface area contributed by atoms with E-state index in [2.05, 4.69) is 25.2 Å². The van der Waals surface area contributed by atoms with Crippen molar-refractivity contribution in [3.05, 3.63) is 29.3 Å². The second kappa shape index (κ2) is 5.66. The Morgan fingerprint density at radius 2 is 2.15 bits per heavy atom. The van der Waals surface area contributed by atoms with Crippen LogP contribution in [0.15, 0.2) is 18.2 Å². The van der Waals surface area contributed by atoms with E-state index in [9.17, 15) is 4.79 Å². The van der Waals surface area contributed by atoms with Gasteiger partial charge in [-0.2, -0.15) is 5.26 Å². The molecule has 3 nitrogen and oxygen atoms in total. The van der Waals surface area contributed by atoms with Gasteiger partial charge >= 0.3 is 0 Å². The van der Waals surface area contributed by atoms with E-state index in [-0.39, 0.29) is 17.2 Å². The normalized spacial score (nSPS) is 21.0. The van der Waals surface area contributed by atoms with E-state index in [0.717, 1.165) is 30.5 Å². The summed E-state index contributed by atoms with van der Waals surface area (Å²) in [5.41, 5.74) is 2.39. The van der Waals surface area contributed by atoms with E-state index in [0.29, 0.717) is 5.56 Å². The molecule has 1 aromatic rings. The third-order valence-corrected chi connectivity index (χ3v) is 4.45. The van der Waals surface area contributed by atoms with Crippen LogP contribution in [-0.4, -0.2) is 5.91 Å². The molecule has 1 saturated carbocycles. The molecular formula is C17H22N2O. The fraction of sp³-hybridized carbons (Fsp3) is 0.529. The van der Waals surface area contributed by atoms with Crippen LogP contribution in [-0.2, 0) is 4.79 Å². The van der Waals surface area contributed by atoms with E-state index < -0.39 is 0 Å². The molecule has 0 saturated heterocycles. The summed E-state index contributed by atoms with van der Waals surface area (Å²) in [4.78, 5) is 12.5. The number of benzene rings is 1. The first-order valence-electron chi connectivity index (χ1n) is 7.25. The van der Waals surface area contributed by atoms with Crippen LogP contribution in [0.3, 0.4) is 0 Å². The van der Waals surface area contributed by atoms with Crippen LogP contribution in [0.1, 0.15) is 50.7 Å². The average molecular weight is 270 g/mol. The van der Waals surface area contributed by atoms with Crippen LogP contribution >= 0.6 is 0 Å². The predicted molar refractivity (Wildman–Crippen MR) is 80.3 cm³/mol. The molecule has 0 bridgehead atoms. The number of rotatable bonds is 2. The number of carbonyl (C=O) groups excluding carboxylic acids is 1. The predicted octanol–water partition coefficient (Wildman–Crippen LogP) is 4.02. The van der Waals surface area contributed by atoms with E-state index >= 15 is 0 Å². The van der Waals surface area contributed by atoms with E-state index in [1.165, 1.54) is 6.42 Å². The van der Waals surface area contributed by atoms with Gasteiger partial charge < -0.3 is 5.32 Å². The molecule has 1 fully saturated rings. The maximum atomic E-state index is 12.5. The summed E-state index contributed by atoms with van der Waals surface area (Å²) < 4.78 is 0. The van der Waals surface area contributed by atoms with Crippen LogP contribution in [0.2, 0.25) is 0 Å². The lowest BCUT2D eigenvalue weighted by Crippen LogP contribution is -2.37. The van der Waals surface area contributed by atoms with Crippen molar-refractivity contribution in [3.63, 3.8) is 0 Å². The molecule has 0 spiro atoms. The van der Waals surface area contributed by atoms with E-state index in [1.807, 2.05) is 13.0 Å². The maximum Gasteiger partial charge on any atom is 0.228 e. The number of anilines is 1.